The van der Waals surface area contributed by atoms with Crippen molar-refractivity contribution in [3.05, 3.63) is 59.7 Å². The Morgan fingerprint density at radius 3 is 2.57 bits per heavy atom. The minimum absolute atomic E-state index is 0.0918. The van der Waals surface area contributed by atoms with Crippen LogP contribution in [0.1, 0.15) is 21.6 Å². The predicted molar refractivity (Wildman–Crippen MR) is 69.5 cm³/mol. The van der Waals surface area contributed by atoms with Gasteiger partial charge in [-0.3, -0.25) is 14.8 Å². The van der Waals surface area contributed by atoms with E-state index in [0.29, 0.717) is 13.0 Å². The van der Waals surface area contributed by atoms with E-state index in [1.54, 1.807) is 18.5 Å². The lowest BCUT2D eigenvalue weighted by Gasteiger charge is -2.07. The Balaban J connectivity index is 1.89. The summed E-state index contributed by atoms with van der Waals surface area (Å²) in [5.41, 5.74) is 0.0342. The predicted octanol–water partition coefficient (Wildman–Crippen LogP) is 2.47. The van der Waals surface area contributed by atoms with Crippen molar-refractivity contribution in [3.63, 3.8) is 0 Å². The molecule has 110 valence electrons. The van der Waals surface area contributed by atoms with Crippen LogP contribution < -0.4 is 5.32 Å². The van der Waals surface area contributed by atoms with Gasteiger partial charge in [0.25, 0.3) is 5.91 Å². The molecule has 0 saturated carbocycles. The number of hydrogen-bond donors (Lipinski definition) is 1. The molecule has 21 heavy (non-hydrogen) atoms. The van der Waals surface area contributed by atoms with E-state index >= 15 is 0 Å². The largest absolute Gasteiger partial charge is 0.433 e. The van der Waals surface area contributed by atoms with E-state index in [2.05, 4.69) is 15.3 Å². The maximum Gasteiger partial charge on any atom is 0.433 e. The number of alkyl halides is 3. The number of halogens is 3. The summed E-state index contributed by atoms with van der Waals surface area (Å²) in [5.74, 6) is -0.458. The van der Waals surface area contributed by atoms with Crippen molar-refractivity contribution in [2.75, 3.05) is 6.54 Å². The van der Waals surface area contributed by atoms with E-state index in [1.165, 1.54) is 0 Å². The third kappa shape index (κ3) is 4.27. The number of nitrogens with one attached hydrogen (secondary N) is 1. The molecule has 0 aliphatic rings. The molecule has 0 bridgehead atoms. The smallest absolute Gasteiger partial charge is 0.352 e. The van der Waals surface area contributed by atoms with Gasteiger partial charge in [-0.05, 0) is 30.2 Å². The summed E-state index contributed by atoms with van der Waals surface area (Å²) >= 11 is 0. The summed E-state index contributed by atoms with van der Waals surface area (Å²) in [4.78, 5) is 18.9. The minimum Gasteiger partial charge on any atom is -0.352 e. The highest BCUT2D eigenvalue weighted by Gasteiger charge is 2.32. The van der Waals surface area contributed by atoms with E-state index in [9.17, 15) is 18.0 Å². The van der Waals surface area contributed by atoms with E-state index in [0.717, 1.165) is 23.9 Å². The number of hydrogen-bond acceptors (Lipinski definition) is 3. The molecule has 0 radical (unpaired) electrons. The lowest BCUT2D eigenvalue weighted by atomic mass is 10.2. The third-order valence-electron chi connectivity index (χ3n) is 2.74. The molecule has 0 atom stereocenters. The molecule has 7 heteroatoms. The topological polar surface area (TPSA) is 54.9 Å². The van der Waals surface area contributed by atoms with Gasteiger partial charge in [0.1, 0.15) is 5.69 Å². The van der Waals surface area contributed by atoms with Gasteiger partial charge in [-0.2, -0.15) is 13.2 Å². The fraction of sp³-hybridized carbons (Fsp3) is 0.214. The number of aromatic nitrogens is 2. The first-order valence-electron chi connectivity index (χ1n) is 6.17. The zero-order valence-electron chi connectivity index (χ0n) is 10.9. The maximum atomic E-state index is 12.3. The van der Waals surface area contributed by atoms with Gasteiger partial charge in [0.15, 0.2) is 0 Å². The van der Waals surface area contributed by atoms with Gasteiger partial charge in [-0.15, -0.1) is 0 Å². The van der Waals surface area contributed by atoms with E-state index in [4.69, 9.17) is 0 Å². The number of pyridine rings is 2. The van der Waals surface area contributed by atoms with Gasteiger partial charge < -0.3 is 5.32 Å². The van der Waals surface area contributed by atoms with E-state index in [-0.39, 0.29) is 5.56 Å². The number of carbonyl (C=O) groups excluding carboxylic acids is 1. The van der Waals surface area contributed by atoms with Gasteiger partial charge in [-0.1, -0.05) is 6.07 Å². The average molecular weight is 295 g/mol. The Labute approximate surface area is 119 Å². The highest BCUT2D eigenvalue weighted by Crippen LogP contribution is 2.27. The van der Waals surface area contributed by atoms with Crippen molar-refractivity contribution in [2.45, 2.75) is 12.6 Å². The molecule has 0 aliphatic carbocycles. The molecule has 0 fully saturated rings. The number of carbonyl (C=O) groups is 1. The number of amides is 1. The van der Waals surface area contributed by atoms with Crippen LogP contribution in [-0.4, -0.2) is 22.4 Å². The van der Waals surface area contributed by atoms with E-state index < -0.39 is 17.8 Å². The monoisotopic (exact) mass is 295 g/mol. The van der Waals surface area contributed by atoms with Crippen molar-refractivity contribution in [3.8, 4) is 0 Å². The summed E-state index contributed by atoms with van der Waals surface area (Å²) in [5, 5.41) is 2.62. The Hall–Kier alpha value is -2.44. The molecule has 4 nitrogen and oxygen atoms in total. The standard InChI is InChI=1S/C14H12F3N3O/c15-14(16,17)12-4-3-11(9-20-12)13(21)19-7-5-10-2-1-6-18-8-10/h1-4,6,8-9H,5,7H2,(H,19,21). The fourth-order valence-electron chi connectivity index (χ4n) is 1.66. The van der Waals surface area contributed by atoms with Gasteiger partial charge in [0, 0.05) is 25.1 Å². The first-order valence-corrected chi connectivity index (χ1v) is 6.17. The van der Waals surface area contributed by atoms with Crippen molar-refractivity contribution in [1.82, 2.24) is 15.3 Å². The summed E-state index contributed by atoms with van der Waals surface area (Å²) in [6, 6.07) is 5.56. The molecule has 0 aliphatic heterocycles. The molecule has 1 N–H and O–H groups in total. The quantitative estimate of drug-likeness (QED) is 0.942. The van der Waals surface area contributed by atoms with Crippen molar-refractivity contribution in [2.24, 2.45) is 0 Å². The van der Waals surface area contributed by atoms with Crippen molar-refractivity contribution in [1.29, 1.82) is 0 Å². The van der Waals surface area contributed by atoms with Crippen LogP contribution in [0.5, 0.6) is 0 Å². The van der Waals surface area contributed by atoms with Crippen LogP contribution in [0.3, 0.4) is 0 Å². The third-order valence-corrected chi connectivity index (χ3v) is 2.74. The Morgan fingerprint density at radius 1 is 1.19 bits per heavy atom. The van der Waals surface area contributed by atoms with Crippen molar-refractivity contribution >= 4 is 5.91 Å². The summed E-state index contributed by atoms with van der Waals surface area (Å²) in [7, 11) is 0. The lowest BCUT2D eigenvalue weighted by Crippen LogP contribution is -2.26. The molecule has 2 aromatic heterocycles. The van der Waals surface area contributed by atoms with Crippen LogP contribution in [0.25, 0.3) is 0 Å². The van der Waals surface area contributed by atoms with E-state index in [1.807, 2.05) is 6.07 Å². The molecule has 0 saturated heterocycles. The molecule has 1 amide bonds. The Morgan fingerprint density at radius 2 is 2.00 bits per heavy atom. The second-order valence-electron chi connectivity index (χ2n) is 4.30. The second kappa shape index (κ2) is 6.34. The summed E-state index contributed by atoms with van der Waals surface area (Å²) < 4.78 is 37.0. The summed E-state index contributed by atoms with van der Waals surface area (Å²) in [6.45, 7) is 0.367. The van der Waals surface area contributed by atoms with Gasteiger partial charge >= 0.3 is 6.18 Å². The Kier molecular flexibility index (Phi) is 4.52. The highest BCUT2D eigenvalue weighted by molar-refractivity contribution is 5.93. The zero-order chi connectivity index (χ0) is 15.3. The van der Waals surface area contributed by atoms with Gasteiger partial charge in [0.05, 0.1) is 5.56 Å². The molecular formula is C14H12F3N3O. The minimum atomic E-state index is -4.50. The average Bonchev–Trinajstić information content (AvgIpc) is 2.47. The molecule has 0 spiro atoms. The Bertz CT molecular complexity index is 597. The van der Waals surface area contributed by atoms with Crippen LogP contribution in [0.4, 0.5) is 13.2 Å². The molecular weight excluding hydrogens is 283 g/mol. The number of rotatable bonds is 4. The molecule has 0 unspecified atom stereocenters. The summed E-state index contributed by atoms with van der Waals surface area (Å²) in [6.07, 6.45) is 0.340. The van der Waals surface area contributed by atoms with Crippen LogP contribution in [0.15, 0.2) is 42.9 Å². The molecule has 2 heterocycles. The van der Waals surface area contributed by atoms with Crippen LogP contribution >= 0.6 is 0 Å². The fourth-order valence-corrected chi connectivity index (χ4v) is 1.66. The van der Waals surface area contributed by atoms with Crippen LogP contribution in [0, 0.1) is 0 Å². The van der Waals surface area contributed by atoms with Gasteiger partial charge in [0.2, 0.25) is 0 Å². The first kappa shape index (κ1) is 15.0. The van der Waals surface area contributed by atoms with Crippen LogP contribution in [-0.2, 0) is 12.6 Å². The zero-order valence-corrected chi connectivity index (χ0v) is 10.9. The van der Waals surface area contributed by atoms with Gasteiger partial charge in [-0.25, -0.2) is 0 Å². The lowest BCUT2D eigenvalue weighted by molar-refractivity contribution is -0.141. The maximum absolute atomic E-state index is 12.3. The molecule has 2 aromatic rings. The highest BCUT2D eigenvalue weighted by atomic mass is 19.4. The first-order chi connectivity index (χ1) is 9.97. The van der Waals surface area contributed by atoms with Crippen LogP contribution in [0.2, 0.25) is 0 Å². The molecule has 2 rings (SSSR count). The van der Waals surface area contributed by atoms with Crippen molar-refractivity contribution < 1.29 is 18.0 Å². The SMILES string of the molecule is O=C(NCCc1cccnc1)c1ccc(C(F)(F)F)nc1. The molecule has 0 aromatic carbocycles. The second-order valence-corrected chi connectivity index (χ2v) is 4.30. The normalized spacial score (nSPS) is 11.2. The number of nitrogens with zero attached hydrogens (tertiary/aromatic N) is 2.